The molecule has 1 amide bonds. The van der Waals surface area contributed by atoms with Crippen molar-refractivity contribution in [3.05, 3.63) is 10.6 Å². The van der Waals surface area contributed by atoms with Gasteiger partial charge in [-0.3, -0.25) is 9.63 Å². The molecule has 0 saturated heterocycles. The van der Waals surface area contributed by atoms with E-state index < -0.39 is 29.5 Å². The van der Waals surface area contributed by atoms with E-state index in [9.17, 15) is 9.59 Å². The van der Waals surface area contributed by atoms with Crippen LogP contribution in [-0.4, -0.2) is 33.6 Å². The van der Waals surface area contributed by atoms with Crippen molar-refractivity contribution in [1.82, 2.24) is 15.1 Å². The number of hydroxylamine groups is 1. The first-order valence-electron chi connectivity index (χ1n) is 4.35. The maximum atomic E-state index is 11.2. The molecule has 0 unspecified atom stereocenters. The molecule has 0 spiro atoms. The van der Waals surface area contributed by atoms with Crippen molar-refractivity contribution < 1.29 is 23.6 Å². The van der Waals surface area contributed by atoms with Crippen molar-refractivity contribution in [2.45, 2.75) is 0 Å². The predicted molar refractivity (Wildman–Crippen MR) is 41.3 cm³/mol. The number of aromatic carboxylic acids is 1. The first kappa shape index (κ1) is 6.00. The lowest BCUT2D eigenvalue weighted by atomic mass is 10.3. The molecule has 0 aliphatic rings. The quantitative estimate of drug-likeness (QED) is 0.648. The molecule has 0 aliphatic heterocycles. The monoisotopic (exact) mass is 206 g/mol. The van der Waals surface area contributed by atoms with Gasteiger partial charge >= 0.3 is 5.97 Å². The Balaban J connectivity index is 2.74. The van der Waals surface area contributed by atoms with E-state index >= 15 is 0 Å². The highest BCUT2D eigenvalue weighted by Crippen LogP contribution is 2.09. The molecule has 0 atom stereocenters. The Bertz CT molecular complexity index is 417. The molecule has 0 bridgehead atoms. The highest BCUT2D eigenvalue weighted by atomic mass is 32.1. The zero-order valence-electron chi connectivity index (χ0n) is 8.97. The lowest BCUT2D eigenvalue weighted by Gasteiger charge is -1.97. The third kappa shape index (κ3) is 1.98. The van der Waals surface area contributed by atoms with Crippen LogP contribution >= 0.6 is 11.5 Å². The Morgan fingerprint density at radius 3 is 3.15 bits per heavy atom. The topological polar surface area (TPSA) is 101 Å². The van der Waals surface area contributed by atoms with Crippen LogP contribution in [0, 0.1) is 0 Å². The summed E-state index contributed by atoms with van der Waals surface area (Å²) in [6, 6.07) is 0. The number of rotatable bonds is 3. The number of carbonyl (C=O) groups excluding carboxylic acids is 1. The lowest BCUT2D eigenvalue weighted by molar-refractivity contribution is 0.0524. The van der Waals surface area contributed by atoms with Crippen LogP contribution in [0.25, 0.3) is 0 Å². The SMILES string of the molecule is [2H]C([2H])([2H])ONC(=O)c1nnsc1C(=O)O. The Morgan fingerprint density at radius 1 is 1.77 bits per heavy atom. The number of carboxylic acids is 1. The van der Waals surface area contributed by atoms with Crippen LogP contribution in [-0.2, 0) is 4.84 Å². The van der Waals surface area contributed by atoms with Gasteiger partial charge in [0, 0.05) is 0 Å². The van der Waals surface area contributed by atoms with E-state index in [4.69, 9.17) is 9.22 Å². The third-order valence-electron chi connectivity index (χ3n) is 1.04. The molecular formula is C5H5N3O4S. The van der Waals surface area contributed by atoms with Gasteiger partial charge in [-0.25, -0.2) is 10.3 Å². The number of amides is 1. The number of carboxylic acid groups (broad SMARTS) is 1. The Kier molecular flexibility index (Phi) is 1.81. The van der Waals surface area contributed by atoms with E-state index in [1.54, 1.807) is 5.48 Å². The van der Waals surface area contributed by atoms with Gasteiger partial charge in [-0.05, 0) is 11.5 Å². The van der Waals surface area contributed by atoms with E-state index in [0.29, 0.717) is 11.5 Å². The number of nitrogens with one attached hydrogen (secondary N) is 1. The molecule has 0 saturated carbocycles. The summed E-state index contributed by atoms with van der Waals surface area (Å²) in [5.41, 5.74) is 1.06. The molecular weight excluding hydrogens is 198 g/mol. The third-order valence-corrected chi connectivity index (χ3v) is 1.75. The minimum absolute atomic E-state index is 0.397. The molecule has 70 valence electrons. The minimum Gasteiger partial charge on any atom is -0.477 e. The second kappa shape index (κ2) is 3.92. The van der Waals surface area contributed by atoms with Gasteiger partial charge < -0.3 is 5.11 Å². The second-order valence-electron chi connectivity index (χ2n) is 1.79. The van der Waals surface area contributed by atoms with E-state index in [1.807, 2.05) is 0 Å². The first-order valence-corrected chi connectivity index (χ1v) is 3.62. The highest BCUT2D eigenvalue weighted by molar-refractivity contribution is 7.08. The summed E-state index contributed by atoms with van der Waals surface area (Å²) >= 11 is 0.502. The van der Waals surface area contributed by atoms with Gasteiger partial charge in [-0.15, -0.1) is 5.10 Å². The van der Waals surface area contributed by atoms with E-state index in [2.05, 4.69) is 14.4 Å². The van der Waals surface area contributed by atoms with Crippen molar-refractivity contribution in [3.8, 4) is 0 Å². The average Bonchev–Trinajstić information content (AvgIpc) is 2.61. The zero-order chi connectivity index (χ0) is 12.3. The highest BCUT2D eigenvalue weighted by Gasteiger charge is 2.21. The summed E-state index contributed by atoms with van der Waals surface area (Å²) in [6.07, 6.45) is 0. The van der Waals surface area contributed by atoms with Crippen molar-refractivity contribution >= 4 is 23.4 Å². The fraction of sp³-hybridized carbons (Fsp3) is 0.200. The van der Waals surface area contributed by atoms with Crippen LogP contribution in [0.5, 0.6) is 0 Å². The number of hydrogen-bond donors (Lipinski definition) is 2. The van der Waals surface area contributed by atoms with E-state index in [-0.39, 0.29) is 0 Å². The van der Waals surface area contributed by atoms with Crippen LogP contribution in [0.15, 0.2) is 0 Å². The minimum atomic E-state index is -2.82. The fourth-order valence-electron chi connectivity index (χ4n) is 0.574. The number of hydrogen-bond acceptors (Lipinski definition) is 6. The normalized spacial score (nSPS) is 14.0. The van der Waals surface area contributed by atoms with Gasteiger partial charge in [0.2, 0.25) is 0 Å². The molecule has 2 N–H and O–H groups in total. The molecule has 0 aromatic carbocycles. The maximum absolute atomic E-state index is 11.2. The maximum Gasteiger partial charge on any atom is 0.350 e. The van der Waals surface area contributed by atoms with Gasteiger partial charge in [0.25, 0.3) is 5.91 Å². The van der Waals surface area contributed by atoms with Crippen molar-refractivity contribution in [2.24, 2.45) is 0 Å². The number of aromatic nitrogens is 2. The standard InChI is InChI=1S/C5H5N3O4S/c1-12-7-4(9)2-3(5(10)11)13-8-6-2/h1H3,(H,7,9)(H,10,11)/i1D3. The second-order valence-corrected chi connectivity index (χ2v) is 2.54. The summed E-state index contributed by atoms with van der Waals surface area (Å²) in [5, 5.41) is 11.9. The molecule has 8 heteroatoms. The molecule has 0 aliphatic carbocycles. The van der Waals surface area contributed by atoms with E-state index in [0.717, 1.165) is 0 Å². The summed E-state index contributed by atoms with van der Waals surface area (Å²) in [5.74, 6) is -2.46. The van der Waals surface area contributed by atoms with Crippen molar-refractivity contribution in [2.75, 3.05) is 7.04 Å². The smallest absolute Gasteiger partial charge is 0.350 e. The Morgan fingerprint density at radius 2 is 2.54 bits per heavy atom. The first-order chi connectivity index (χ1) is 7.31. The molecule has 0 fully saturated rings. The molecule has 1 rings (SSSR count). The number of carbonyl (C=O) groups is 2. The lowest BCUT2D eigenvalue weighted by Crippen LogP contribution is -2.24. The fourth-order valence-corrected chi connectivity index (χ4v) is 1.08. The van der Waals surface area contributed by atoms with Gasteiger partial charge in [-0.2, -0.15) is 0 Å². The summed E-state index contributed by atoms with van der Waals surface area (Å²) in [7, 11) is -2.82. The zero-order valence-corrected chi connectivity index (χ0v) is 6.79. The summed E-state index contributed by atoms with van der Waals surface area (Å²) in [6.45, 7) is 0. The van der Waals surface area contributed by atoms with Crippen LogP contribution in [0.3, 0.4) is 0 Å². The van der Waals surface area contributed by atoms with Crippen LogP contribution in [0.4, 0.5) is 0 Å². The van der Waals surface area contributed by atoms with Gasteiger partial charge in [0.1, 0.15) is 0 Å². The average molecular weight is 206 g/mol. The van der Waals surface area contributed by atoms with Crippen molar-refractivity contribution in [3.63, 3.8) is 0 Å². The summed E-state index contributed by atoms with van der Waals surface area (Å²) < 4.78 is 23.2. The van der Waals surface area contributed by atoms with Gasteiger partial charge in [0.15, 0.2) is 10.6 Å². The molecule has 1 aromatic heterocycles. The Labute approximate surface area is 80.7 Å². The summed E-state index contributed by atoms with van der Waals surface area (Å²) in [4.78, 5) is 25.4. The molecule has 1 aromatic rings. The Hall–Kier alpha value is -1.54. The van der Waals surface area contributed by atoms with Crippen LogP contribution < -0.4 is 5.48 Å². The van der Waals surface area contributed by atoms with Crippen molar-refractivity contribution in [1.29, 1.82) is 0 Å². The van der Waals surface area contributed by atoms with Crippen LogP contribution in [0.2, 0.25) is 0 Å². The van der Waals surface area contributed by atoms with E-state index in [1.165, 1.54) is 0 Å². The largest absolute Gasteiger partial charge is 0.477 e. The molecule has 7 nitrogen and oxygen atoms in total. The van der Waals surface area contributed by atoms with Gasteiger partial charge in [-0.1, -0.05) is 4.49 Å². The predicted octanol–water partition coefficient (Wildman–Crippen LogP) is -0.472. The van der Waals surface area contributed by atoms with Crippen LogP contribution in [0.1, 0.15) is 24.3 Å². The molecule has 0 radical (unpaired) electrons. The molecule has 13 heavy (non-hydrogen) atoms. The number of nitrogens with zero attached hydrogens (tertiary/aromatic N) is 2. The van der Waals surface area contributed by atoms with Gasteiger partial charge in [0.05, 0.1) is 11.2 Å². The molecule has 1 heterocycles.